The van der Waals surface area contributed by atoms with Crippen LogP contribution in [0.15, 0.2) is 35.7 Å². The van der Waals surface area contributed by atoms with E-state index in [1.54, 1.807) is 35.3 Å². The van der Waals surface area contributed by atoms with Gasteiger partial charge in [-0.05, 0) is 42.1 Å². The third kappa shape index (κ3) is 3.43. The van der Waals surface area contributed by atoms with Gasteiger partial charge >= 0.3 is 5.97 Å². The highest BCUT2D eigenvalue weighted by Gasteiger charge is 2.27. The summed E-state index contributed by atoms with van der Waals surface area (Å²) >= 11 is 1.61. The molecular formula is C17H17NO4S. The first-order valence-electron chi connectivity index (χ1n) is 7.34. The highest BCUT2D eigenvalue weighted by atomic mass is 32.1. The first kappa shape index (κ1) is 15.7. The minimum absolute atomic E-state index is 0.114. The van der Waals surface area contributed by atoms with Crippen molar-refractivity contribution in [1.82, 2.24) is 4.90 Å². The van der Waals surface area contributed by atoms with Gasteiger partial charge in [0.25, 0.3) is 5.91 Å². The Kier molecular flexibility index (Phi) is 4.45. The van der Waals surface area contributed by atoms with Crippen LogP contribution in [0.4, 0.5) is 0 Å². The van der Waals surface area contributed by atoms with Crippen LogP contribution < -0.4 is 0 Å². The zero-order valence-electron chi connectivity index (χ0n) is 12.7. The molecule has 1 saturated heterocycles. The molecule has 0 saturated carbocycles. The van der Waals surface area contributed by atoms with Crippen LogP contribution in [0.3, 0.4) is 0 Å². The molecule has 120 valence electrons. The number of carbonyl (C=O) groups excluding carboxylic acids is 1. The molecule has 1 aromatic heterocycles. The van der Waals surface area contributed by atoms with E-state index in [2.05, 4.69) is 0 Å². The molecule has 5 nitrogen and oxygen atoms in total. The van der Waals surface area contributed by atoms with Crippen LogP contribution in [-0.4, -0.2) is 41.6 Å². The highest BCUT2D eigenvalue weighted by molar-refractivity contribution is 7.10. The molecule has 6 heteroatoms. The van der Waals surface area contributed by atoms with Gasteiger partial charge in [-0.3, -0.25) is 4.79 Å². The Hall–Kier alpha value is -2.18. The molecule has 1 amide bonds. The third-order valence-electron chi connectivity index (χ3n) is 3.79. The highest BCUT2D eigenvalue weighted by Crippen LogP contribution is 2.27. The predicted molar refractivity (Wildman–Crippen MR) is 87.1 cm³/mol. The Labute approximate surface area is 138 Å². The molecule has 0 bridgehead atoms. The second-order valence-electron chi connectivity index (χ2n) is 5.52. The van der Waals surface area contributed by atoms with Gasteiger partial charge in [0.1, 0.15) is 6.10 Å². The van der Waals surface area contributed by atoms with Crippen molar-refractivity contribution in [1.29, 1.82) is 0 Å². The topological polar surface area (TPSA) is 66.8 Å². The van der Waals surface area contributed by atoms with Gasteiger partial charge in [0.15, 0.2) is 0 Å². The van der Waals surface area contributed by atoms with E-state index in [-0.39, 0.29) is 17.6 Å². The minimum Gasteiger partial charge on any atom is -0.478 e. The van der Waals surface area contributed by atoms with Crippen molar-refractivity contribution < 1.29 is 19.4 Å². The van der Waals surface area contributed by atoms with Gasteiger partial charge < -0.3 is 14.7 Å². The summed E-state index contributed by atoms with van der Waals surface area (Å²) in [5.41, 5.74) is 1.31. The van der Waals surface area contributed by atoms with Crippen molar-refractivity contribution in [2.75, 3.05) is 19.7 Å². The number of hydrogen-bond donors (Lipinski definition) is 1. The lowest BCUT2D eigenvalue weighted by Crippen LogP contribution is -2.42. The summed E-state index contributed by atoms with van der Waals surface area (Å²) in [5, 5.41) is 11.1. The fourth-order valence-electron chi connectivity index (χ4n) is 2.69. The molecular weight excluding hydrogens is 314 g/mol. The van der Waals surface area contributed by atoms with E-state index in [0.717, 1.165) is 10.4 Å². The normalized spacial score (nSPS) is 18.0. The lowest BCUT2D eigenvalue weighted by atomic mass is 10.0. The molecule has 3 rings (SSSR count). The average Bonchev–Trinajstić information content (AvgIpc) is 3.08. The number of morpholine rings is 1. The van der Waals surface area contributed by atoms with E-state index in [9.17, 15) is 9.59 Å². The first-order valence-corrected chi connectivity index (χ1v) is 8.22. The third-order valence-corrected chi connectivity index (χ3v) is 4.75. The molecule has 1 aromatic carbocycles. The van der Waals surface area contributed by atoms with E-state index >= 15 is 0 Å². The van der Waals surface area contributed by atoms with Gasteiger partial charge in [0.05, 0.1) is 18.7 Å². The number of rotatable bonds is 3. The molecule has 2 aromatic rings. The molecule has 1 unspecified atom stereocenters. The first-order chi connectivity index (χ1) is 11.0. The Morgan fingerprint density at radius 1 is 1.30 bits per heavy atom. The Morgan fingerprint density at radius 2 is 2.09 bits per heavy atom. The lowest BCUT2D eigenvalue weighted by Gasteiger charge is -2.32. The summed E-state index contributed by atoms with van der Waals surface area (Å²) in [7, 11) is 0. The van der Waals surface area contributed by atoms with Crippen molar-refractivity contribution in [3.05, 3.63) is 57.3 Å². The molecule has 1 aliphatic rings. The monoisotopic (exact) mass is 331 g/mol. The van der Waals surface area contributed by atoms with Crippen LogP contribution >= 0.6 is 11.3 Å². The zero-order valence-corrected chi connectivity index (χ0v) is 13.5. The van der Waals surface area contributed by atoms with E-state index in [1.807, 2.05) is 17.5 Å². The molecule has 1 fully saturated rings. The summed E-state index contributed by atoms with van der Waals surface area (Å²) in [6.45, 7) is 3.26. The van der Waals surface area contributed by atoms with Crippen molar-refractivity contribution in [3.8, 4) is 0 Å². The number of aromatic carboxylic acids is 1. The van der Waals surface area contributed by atoms with Gasteiger partial charge in [-0.2, -0.15) is 0 Å². The molecule has 0 spiro atoms. The second kappa shape index (κ2) is 6.52. The van der Waals surface area contributed by atoms with E-state index in [1.165, 1.54) is 6.07 Å². The molecule has 1 N–H and O–H groups in total. The van der Waals surface area contributed by atoms with Crippen LogP contribution in [0.1, 0.15) is 37.3 Å². The minimum atomic E-state index is -1.03. The van der Waals surface area contributed by atoms with Gasteiger partial charge in [0.2, 0.25) is 0 Å². The molecule has 1 atom stereocenters. The summed E-state index contributed by atoms with van der Waals surface area (Å²) in [6, 6.07) is 8.69. The number of hydrogen-bond acceptors (Lipinski definition) is 4. The molecule has 1 aliphatic heterocycles. The number of carboxylic acid groups (broad SMARTS) is 1. The largest absolute Gasteiger partial charge is 0.478 e. The summed E-state index contributed by atoms with van der Waals surface area (Å²) in [4.78, 5) is 26.7. The SMILES string of the molecule is Cc1cc(C(=O)O)cc(C(=O)N2CCOC(c3cccs3)C2)c1. The molecule has 23 heavy (non-hydrogen) atoms. The smallest absolute Gasteiger partial charge is 0.335 e. The van der Waals surface area contributed by atoms with Gasteiger partial charge in [-0.25, -0.2) is 4.79 Å². The number of aryl methyl sites for hydroxylation is 1. The van der Waals surface area contributed by atoms with E-state index < -0.39 is 5.97 Å². The number of thiophene rings is 1. The molecule has 0 radical (unpaired) electrons. The molecule has 0 aliphatic carbocycles. The van der Waals surface area contributed by atoms with Crippen molar-refractivity contribution >= 4 is 23.2 Å². The van der Waals surface area contributed by atoms with Gasteiger partial charge in [-0.15, -0.1) is 11.3 Å². The van der Waals surface area contributed by atoms with Crippen LogP contribution in [0.5, 0.6) is 0 Å². The lowest BCUT2D eigenvalue weighted by molar-refractivity contribution is -0.0211. The van der Waals surface area contributed by atoms with Crippen LogP contribution in [-0.2, 0) is 4.74 Å². The Morgan fingerprint density at radius 3 is 2.78 bits per heavy atom. The standard InChI is InChI=1S/C17H17NO4S/c1-11-7-12(9-13(8-11)17(20)21)16(19)18-4-5-22-14(10-18)15-3-2-6-23-15/h2-3,6-9,14H,4-5,10H2,1H3,(H,20,21). The molecule has 2 heterocycles. The zero-order chi connectivity index (χ0) is 16.4. The van der Waals surface area contributed by atoms with Crippen molar-refractivity contribution in [2.45, 2.75) is 13.0 Å². The van der Waals surface area contributed by atoms with Gasteiger partial charge in [-0.1, -0.05) is 6.07 Å². The van der Waals surface area contributed by atoms with Crippen molar-refractivity contribution in [3.63, 3.8) is 0 Å². The predicted octanol–water partition coefficient (Wildman–Crippen LogP) is 2.97. The Balaban J connectivity index is 1.81. The van der Waals surface area contributed by atoms with Crippen LogP contribution in [0, 0.1) is 6.92 Å². The van der Waals surface area contributed by atoms with Crippen LogP contribution in [0.25, 0.3) is 0 Å². The maximum atomic E-state index is 12.7. The average molecular weight is 331 g/mol. The number of carboxylic acids is 1. The van der Waals surface area contributed by atoms with Gasteiger partial charge in [0, 0.05) is 17.0 Å². The fraction of sp³-hybridized carbons (Fsp3) is 0.294. The maximum absolute atomic E-state index is 12.7. The van der Waals surface area contributed by atoms with E-state index in [4.69, 9.17) is 9.84 Å². The Bertz CT molecular complexity index is 726. The fourth-order valence-corrected chi connectivity index (χ4v) is 3.46. The van der Waals surface area contributed by atoms with E-state index in [0.29, 0.717) is 25.3 Å². The van der Waals surface area contributed by atoms with Crippen LogP contribution in [0.2, 0.25) is 0 Å². The number of carbonyl (C=O) groups is 2. The quantitative estimate of drug-likeness (QED) is 0.939. The maximum Gasteiger partial charge on any atom is 0.335 e. The summed E-state index contributed by atoms with van der Waals surface area (Å²) in [5.74, 6) is -1.18. The number of ether oxygens (including phenoxy) is 1. The number of benzene rings is 1. The summed E-state index contributed by atoms with van der Waals surface area (Å²) in [6.07, 6.45) is -0.114. The number of amides is 1. The second-order valence-corrected chi connectivity index (χ2v) is 6.50. The summed E-state index contributed by atoms with van der Waals surface area (Å²) < 4.78 is 5.75. The van der Waals surface area contributed by atoms with Crippen molar-refractivity contribution in [2.24, 2.45) is 0 Å². The number of nitrogens with zero attached hydrogens (tertiary/aromatic N) is 1.